The van der Waals surface area contributed by atoms with Gasteiger partial charge in [0.25, 0.3) is 0 Å². The largest absolute Gasteiger partial charge is 0.367 e. The predicted molar refractivity (Wildman–Crippen MR) is 109 cm³/mol. The lowest BCUT2D eigenvalue weighted by atomic mass is 10.0. The highest BCUT2D eigenvalue weighted by molar-refractivity contribution is 6.44. The molecule has 8 heteroatoms. The molecule has 1 aliphatic heterocycles. The zero-order valence-electron chi connectivity index (χ0n) is 16.1. The molecule has 0 aromatic heterocycles. The van der Waals surface area contributed by atoms with Crippen molar-refractivity contribution < 1.29 is 18.8 Å². The summed E-state index contributed by atoms with van der Waals surface area (Å²) in [6, 6.07) is 10.3. The van der Waals surface area contributed by atoms with E-state index in [4.69, 9.17) is 5.73 Å². The Balaban J connectivity index is 1.83. The summed E-state index contributed by atoms with van der Waals surface area (Å²) >= 11 is 0. The second kappa shape index (κ2) is 8.72. The van der Waals surface area contributed by atoms with Gasteiger partial charge < -0.3 is 21.3 Å². The molecule has 152 valence electrons. The van der Waals surface area contributed by atoms with Gasteiger partial charge in [-0.25, -0.2) is 4.39 Å². The minimum absolute atomic E-state index is 0.168. The number of piperidine rings is 1. The number of carbonyl (C=O) groups is 3. The normalized spacial score (nSPS) is 16.2. The Morgan fingerprint density at radius 1 is 1.07 bits per heavy atom. The van der Waals surface area contributed by atoms with E-state index in [0.29, 0.717) is 11.4 Å². The molecule has 7 nitrogen and oxygen atoms in total. The molecule has 4 N–H and O–H groups in total. The summed E-state index contributed by atoms with van der Waals surface area (Å²) in [7, 11) is 0. The van der Waals surface area contributed by atoms with Crippen LogP contribution in [-0.2, 0) is 9.59 Å². The third-order valence-corrected chi connectivity index (χ3v) is 4.93. The summed E-state index contributed by atoms with van der Waals surface area (Å²) in [6.45, 7) is 2.89. The van der Waals surface area contributed by atoms with Crippen molar-refractivity contribution in [3.8, 4) is 0 Å². The van der Waals surface area contributed by atoms with Crippen LogP contribution in [-0.4, -0.2) is 30.3 Å². The molecule has 3 rings (SSSR count). The van der Waals surface area contributed by atoms with Crippen LogP contribution in [0.25, 0.3) is 0 Å². The number of anilines is 3. The molecule has 1 heterocycles. The van der Waals surface area contributed by atoms with Gasteiger partial charge in [0.05, 0.1) is 11.4 Å². The fourth-order valence-electron chi connectivity index (χ4n) is 3.43. The zero-order chi connectivity index (χ0) is 21.0. The fourth-order valence-corrected chi connectivity index (χ4v) is 3.43. The lowest BCUT2D eigenvalue weighted by Crippen LogP contribution is -2.38. The van der Waals surface area contributed by atoms with Gasteiger partial charge in [-0.2, -0.15) is 0 Å². The Labute approximate surface area is 168 Å². The van der Waals surface area contributed by atoms with Crippen molar-refractivity contribution in [3.63, 3.8) is 0 Å². The van der Waals surface area contributed by atoms with Crippen molar-refractivity contribution in [2.75, 3.05) is 22.1 Å². The smallest absolute Gasteiger partial charge is 0.314 e. The van der Waals surface area contributed by atoms with E-state index in [9.17, 15) is 18.8 Å². The fraction of sp³-hybridized carbons (Fsp3) is 0.286. The SMILES string of the molecule is CC1CCCCN1c1ccc(C(N)=O)cc1NC(=O)C(=O)Nc1cccc(F)c1. The summed E-state index contributed by atoms with van der Waals surface area (Å²) in [5.74, 6) is -3.04. The first-order valence-electron chi connectivity index (χ1n) is 9.43. The van der Waals surface area contributed by atoms with Crippen molar-refractivity contribution in [2.45, 2.75) is 32.2 Å². The van der Waals surface area contributed by atoms with Gasteiger partial charge in [0.1, 0.15) is 5.82 Å². The monoisotopic (exact) mass is 398 g/mol. The lowest BCUT2D eigenvalue weighted by Gasteiger charge is -2.36. The highest BCUT2D eigenvalue weighted by Gasteiger charge is 2.24. The zero-order valence-corrected chi connectivity index (χ0v) is 16.1. The molecule has 2 aromatic carbocycles. The van der Waals surface area contributed by atoms with E-state index in [1.165, 1.54) is 24.3 Å². The highest BCUT2D eigenvalue weighted by Crippen LogP contribution is 2.32. The topological polar surface area (TPSA) is 105 Å². The van der Waals surface area contributed by atoms with E-state index in [0.717, 1.165) is 31.9 Å². The summed E-state index contributed by atoms with van der Waals surface area (Å²) < 4.78 is 13.3. The third kappa shape index (κ3) is 4.90. The van der Waals surface area contributed by atoms with Crippen LogP contribution in [0.2, 0.25) is 0 Å². The average molecular weight is 398 g/mol. The second-order valence-electron chi connectivity index (χ2n) is 7.05. The number of benzene rings is 2. The van der Waals surface area contributed by atoms with Crippen LogP contribution in [0.15, 0.2) is 42.5 Å². The molecule has 0 bridgehead atoms. The molecule has 1 fully saturated rings. The number of carbonyl (C=O) groups excluding carboxylic acids is 3. The minimum atomic E-state index is -0.947. The number of amides is 3. The summed E-state index contributed by atoms with van der Waals surface area (Å²) in [5.41, 5.74) is 6.80. The van der Waals surface area contributed by atoms with Gasteiger partial charge in [0.15, 0.2) is 0 Å². The van der Waals surface area contributed by atoms with E-state index >= 15 is 0 Å². The van der Waals surface area contributed by atoms with Gasteiger partial charge >= 0.3 is 11.8 Å². The van der Waals surface area contributed by atoms with Crippen molar-refractivity contribution in [1.82, 2.24) is 0 Å². The van der Waals surface area contributed by atoms with Gasteiger partial charge in [-0.15, -0.1) is 0 Å². The first-order chi connectivity index (χ1) is 13.8. The number of hydrogen-bond acceptors (Lipinski definition) is 4. The molecule has 1 saturated heterocycles. The molecule has 2 aromatic rings. The standard InChI is InChI=1S/C21H23FN4O3/c1-13-5-2-3-10-26(13)18-9-8-14(19(23)27)11-17(18)25-21(29)20(28)24-16-7-4-6-15(22)12-16/h4,6-9,11-13H,2-3,5,10H2,1H3,(H2,23,27)(H,24,28)(H,25,29). The molecule has 1 aliphatic rings. The van der Waals surface area contributed by atoms with Crippen molar-refractivity contribution in [2.24, 2.45) is 5.73 Å². The second-order valence-corrected chi connectivity index (χ2v) is 7.05. The molecular weight excluding hydrogens is 375 g/mol. The van der Waals surface area contributed by atoms with Gasteiger partial charge in [0, 0.05) is 23.8 Å². The van der Waals surface area contributed by atoms with E-state index < -0.39 is 23.5 Å². The molecule has 0 aliphatic carbocycles. The van der Waals surface area contributed by atoms with Crippen molar-refractivity contribution in [1.29, 1.82) is 0 Å². The Kier molecular flexibility index (Phi) is 6.11. The molecule has 1 atom stereocenters. The number of rotatable bonds is 4. The van der Waals surface area contributed by atoms with Gasteiger partial charge in [-0.05, 0) is 62.6 Å². The molecule has 29 heavy (non-hydrogen) atoms. The number of primary amides is 1. The van der Waals surface area contributed by atoms with Crippen LogP contribution in [0.5, 0.6) is 0 Å². The number of halogens is 1. The first kappa shape index (κ1) is 20.3. The van der Waals surface area contributed by atoms with Crippen LogP contribution < -0.4 is 21.3 Å². The van der Waals surface area contributed by atoms with Crippen molar-refractivity contribution >= 4 is 34.8 Å². The summed E-state index contributed by atoms with van der Waals surface area (Å²) in [5, 5.41) is 4.92. The highest BCUT2D eigenvalue weighted by atomic mass is 19.1. The quantitative estimate of drug-likeness (QED) is 0.689. The predicted octanol–water partition coefficient (Wildman–Crippen LogP) is 2.88. The van der Waals surface area contributed by atoms with Crippen LogP contribution >= 0.6 is 0 Å². The van der Waals surface area contributed by atoms with Crippen molar-refractivity contribution in [3.05, 3.63) is 53.8 Å². The van der Waals surface area contributed by atoms with E-state index in [-0.39, 0.29) is 17.3 Å². The van der Waals surface area contributed by atoms with Crippen LogP contribution in [0.1, 0.15) is 36.5 Å². The minimum Gasteiger partial charge on any atom is -0.367 e. The molecule has 0 spiro atoms. The molecular formula is C21H23FN4O3. The Morgan fingerprint density at radius 2 is 1.83 bits per heavy atom. The van der Waals surface area contributed by atoms with E-state index in [1.807, 2.05) is 0 Å². The maximum atomic E-state index is 13.3. The third-order valence-electron chi connectivity index (χ3n) is 4.93. The van der Waals surface area contributed by atoms with Crippen LogP contribution in [0.3, 0.4) is 0 Å². The Morgan fingerprint density at radius 3 is 2.52 bits per heavy atom. The average Bonchev–Trinajstić information content (AvgIpc) is 2.68. The van der Waals surface area contributed by atoms with E-state index in [2.05, 4.69) is 22.5 Å². The Bertz CT molecular complexity index is 947. The van der Waals surface area contributed by atoms with Gasteiger partial charge in [-0.1, -0.05) is 6.07 Å². The Hall–Kier alpha value is -3.42. The lowest BCUT2D eigenvalue weighted by molar-refractivity contribution is -0.132. The number of hydrogen-bond donors (Lipinski definition) is 3. The first-order valence-corrected chi connectivity index (χ1v) is 9.43. The maximum absolute atomic E-state index is 13.3. The van der Waals surface area contributed by atoms with Gasteiger partial charge in [-0.3, -0.25) is 14.4 Å². The molecule has 3 amide bonds. The molecule has 0 saturated carbocycles. The molecule has 1 unspecified atom stereocenters. The number of nitrogens with two attached hydrogens (primary N) is 1. The maximum Gasteiger partial charge on any atom is 0.314 e. The van der Waals surface area contributed by atoms with Crippen LogP contribution in [0, 0.1) is 5.82 Å². The van der Waals surface area contributed by atoms with E-state index in [1.54, 1.807) is 12.1 Å². The summed E-state index contributed by atoms with van der Waals surface area (Å²) in [4.78, 5) is 38.4. The summed E-state index contributed by atoms with van der Waals surface area (Å²) in [6.07, 6.45) is 3.13. The molecule has 0 radical (unpaired) electrons. The number of nitrogens with one attached hydrogen (secondary N) is 2. The van der Waals surface area contributed by atoms with Gasteiger partial charge in [0.2, 0.25) is 5.91 Å². The number of nitrogens with zero attached hydrogens (tertiary/aromatic N) is 1. The van der Waals surface area contributed by atoms with Crippen LogP contribution in [0.4, 0.5) is 21.5 Å².